The van der Waals surface area contributed by atoms with Crippen molar-refractivity contribution in [1.82, 2.24) is 0 Å². The predicted molar refractivity (Wildman–Crippen MR) is 79.3 cm³/mol. The highest BCUT2D eigenvalue weighted by Gasteiger charge is 2.38. The van der Waals surface area contributed by atoms with Gasteiger partial charge < -0.3 is 21.5 Å². The van der Waals surface area contributed by atoms with Crippen molar-refractivity contribution in [3.8, 4) is 0 Å². The van der Waals surface area contributed by atoms with Gasteiger partial charge in [0.25, 0.3) is 0 Å². The van der Waals surface area contributed by atoms with Crippen molar-refractivity contribution in [2.45, 2.75) is 85.6 Å². The fourth-order valence-corrected chi connectivity index (χ4v) is 2.72. The minimum absolute atomic E-state index is 0. The summed E-state index contributed by atoms with van der Waals surface area (Å²) in [4.78, 5) is 0. The largest absolute Gasteiger partial charge is 1.00 e. The Kier molecular flexibility index (Phi) is 11.8. The molecule has 0 unspecified atom stereocenters. The molecule has 18 heavy (non-hydrogen) atoms. The van der Waals surface area contributed by atoms with Crippen LogP contribution >= 0.6 is 0 Å². The van der Waals surface area contributed by atoms with Crippen LogP contribution in [-0.2, 0) is 0 Å². The standard InChI is InChI=1S/C16H36N.BrH/c1-7-10-13-17(14-11-8-2,15-12-9-3)16(4,5)6;/h7-15H2,1-6H3;1H/q+1;/p-1. The van der Waals surface area contributed by atoms with Crippen molar-refractivity contribution in [1.29, 1.82) is 0 Å². The van der Waals surface area contributed by atoms with Crippen LogP contribution in [0.4, 0.5) is 0 Å². The van der Waals surface area contributed by atoms with E-state index in [9.17, 15) is 0 Å². The molecular formula is C16H36BrN. The molecule has 0 aliphatic rings. The lowest BCUT2D eigenvalue weighted by atomic mass is 9.97. The van der Waals surface area contributed by atoms with Crippen LogP contribution in [0.5, 0.6) is 0 Å². The number of quaternary nitrogens is 1. The molecule has 0 aliphatic carbocycles. The molecule has 112 valence electrons. The van der Waals surface area contributed by atoms with Gasteiger partial charge in [0.15, 0.2) is 0 Å². The topological polar surface area (TPSA) is 0 Å². The molecule has 0 saturated carbocycles. The lowest BCUT2D eigenvalue weighted by Crippen LogP contribution is -3.00. The van der Waals surface area contributed by atoms with E-state index in [-0.39, 0.29) is 17.0 Å². The molecule has 0 atom stereocenters. The highest BCUT2D eigenvalue weighted by Crippen LogP contribution is 2.27. The molecule has 0 aromatic rings. The lowest BCUT2D eigenvalue weighted by molar-refractivity contribution is -0.971. The molecular weight excluding hydrogens is 286 g/mol. The van der Waals surface area contributed by atoms with Crippen LogP contribution in [0, 0.1) is 0 Å². The average molecular weight is 322 g/mol. The first kappa shape index (κ1) is 20.8. The zero-order valence-electron chi connectivity index (χ0n) is 13.7. The molecule has 0 radical (unpaired) electrons. The van der Waals surface area contributed by atoms with Crippen molar-refractivity contribution in [2.75, 3.05) is 19.6 Å². The lowest BCUT2D eigenvalue weighted by Gasteiger charge is -2.49. The Morgan fingerprint density at radius 1 is 0.667 bits per heavy atom. The van der Waals surface area contributed by atoms with Gasteiger partial charge in [-0.2, -0.15) is 0 Å². The van der Waals surface area contributed by atoms with Gasteiger partial charge in [-0.15, -0.1) is 0 Å². The van der Waals surface area contributed by atoms with Gasteiger partial charge in [0.1, 0.15) is 0 Å². The van der Waals surface area contributed by atoms with Gasteiger partial charge >= 0.3 is 0 Å². The van der Waals surface area contributed by atoms with Gasteiger partial charge in [-0.1, -0.05) is 40.0 Å². The van der Waals surface area contributed by atoms with Crippen LogP contribution in [0.2, 0.25) is 0 Å². The van der Waals surface area contributed by atoms with Gasteiger partial charge in [-0.05, 0) is 40.0 Å². The van der Waals surface area contributed by atoms with Crippen molar-refractivity contribution in [2.24, 2.45) is 0 Å². The van der Waals surface area contributed by atoms with Crippen LogP contribution in [-0.4, -0.2) is 29.7 Å². The fourth-order valence-electron chi connectivity index (χ4n) is 2.72. The summed E-state index contributed by atoms with van der Waals surface area (Å²) < 4.78 is 1.34. The number of halogens is 1. The van der Waals surface area contributed by atoms with Gasteiger partial charge in [0.2, 0.25) is 0 Å². The first-order valence-corrected chi connectivity index (χ1v) is 7.79. The maximum atomic E-state index is 2.44. The highest BCUT2D eigenvalue weighted by atomic mass is 79.9. The second-order valence-electron chi connectivity index (χ2n) is 6.55. The number of hydrogen-bond acceptors (Lipinski definition) is 0. The molecule has 0 bridgehead atoms. The summed E-state index contributed by atoms with van der Waals surface area (Å²) in [6.45, 7) is 18.4. The van der Waals surface area contributed by atoms with Gasteiger partial charge in [0, 0.05) is 0 Å². The normalized spacial score (nSPS) is 12.3. The number of nitrogens with zero attached hydrogens (tertiary/aromatic N) is 1. The summed E-state index contributed by atoms with van der Waals surface area (Å²) in [6, 6.07) is 0. The Balaban J connectivity index is 0. The molecule has 1 nitrogen and oxygen atoms in total. The molecule has 0 aromatic heterocycles. The molecule has 0 N–H and O–H groups in total. The highest BCUT2D eigenvalue weighted by molar-refractivity contribution is 4.65. The Hall–Kier alpha value is 0.440. The van der Waals surface area contributed by atoms with Crippen LogP contribution < -0.4 is 17.0 Å². The van der Waals surface area contributed by atoms with E-state index in [0.29, 0.717) is 5.54 Å². The molecule has 0 fully saturated rings. The number of hydrogen-bond donors (Lipinski definition) is 0. The monoisotopic (exact) mass is 321 g/mol. The van der Waals surface area contributed by atoms with Crippen molar-refractivity contribution in [3.05, 3.63) is 0 Å². The minimum atomic E-state index is 0. The second-order valence-corrected chi connectivity index (χ2v) is 6.55. The SMILES string of the molecule is CCCC[N+](CCCC)(CCCC)C(C)(C)C.[Br-]. The van der Waals surface area contributed by atoms with E-state index in [2.05, 4.69) is 41.5 Å². The van der Waals surface area contributed by atoms with Crippen molar-refractivity contribution < 1.29 is 21.5 Å². The van der Waals surface area contributed by atoms with E-state index in [0.717, 1.165) is 0 Å². The van der Waals surface area contributed by atoms with Crippen LogP contribution in [0.1, 0.15) is 80.1 Å². The van der Waals surface area contributed by atoms with E-state index in [1.807, 2.05) is 0 Å². The summed E-state index contributed by atoms with van der Waals surface area (Å²) in [5, 5.41) is 0. The van der Waals surface area contributed by atoms with E-state index in [1.165, 1.54) is 62.6 Å². The van der Waals surface area contributed by atoms with Gasteiger partial charge in [-0.3, -0.25) is 0 Å². The summed E-state index contributed by atoms with van der Waals surface area (Å²) >= 11 is 0. The molecule has 0 rings (SSSR count). The third kappa shape index (κ3) is 6.56. The zero-order valence-corrected chi connectivity index (χ0v) is 15.3. The van der Waals surface area contributed by atoms with Crippen molar-refractivity contribution >= 4 is 0 Å². The van der Waals surface area contributed by atoms with Crippen LogP contribution in [0.15, 0.2) is 0 Å². The third-order valence-electron chi connectivity index (χ3n) is 4.24. The average Bonchev–Trinajstić information content (AvgIpc) is 2.27. The maximum absolute atomic E-state index is 2.44. The zero-order chi connectivity index (χ0) is 13.4. The molecule has 0 saturated heterocycles. The first-order valence-electron chi connectivity index (χ1n) is 7.79. The van der Waals surface area contributed by atoms with Crippen LogP contribution in [0.25, 0.3) is 0 Å². The van der Waals surface area contributed by atoms with E-state index in [4.69, 9.17) is 0 Å². The predicted octanol–water partition coefficient (Wildman–Crippen LogP) is 2.01. The first-order chi connectivity index (χ1) is 7.93. The van der Waals surface area contributed by atoms with E-state index < -0.39 is 0 Å². The van der Waals surface area contributed by atoms with Gasteiger partial charge in [-0.25, -0.2) is 0 Å². The number of rotatable bonds is 9. The minimum Gasteiger partial charge on any atom is -1.00 e. The molecule has 0 spiro atoms. The molecule has 0 amide bonds. The number of unbranched alkanes of at least 4 members (excludes halogenated alkanes) is 3. The Morgan fingerprint density at radius 2 is 0.944 bits per heavy atom. The Morgan fingerprint density at radius 3 is 1.11 bits per heavy atom. The van der Waals surface area contributed by atoms with E-state index >= 15 is 0 Å². The third-order valence-corrected chi connectivity index (χ3v) is 4.24. The van der Waals surface area contributed by atoms with Crippen LogP contribution in [0.3, 0.4) is 0 Å². The summed E-state index contributed by atoms with van der Waals surface area (Å²) in [6.07, 6.45) is 8.12. The fraction of sp³-hybridized carbons (Fsp3) is 1.00. The Labute approximate surface area is 127 Å². The Bertz CT molecular complexity index is 162. The van der Waals surface area contributed by atoms with Gasteiger partial charge in [0.05, 0.1) is 25.2 Å². The maximum Gasteiger partial charge on any atom is 0.0907 e. The quantitative estimate of drug-likeness (QED) is 0.570. The summed E-state index contributed by atoms with van der Waals surface area (Å²) in [5.74, 6) is 0. The smallest absolute Gasteiger partial charge is 0.0907 e. The molecule has 2 heteroatoms. The molecule has 0 aromatic carbocycles. The van der Waals surface area contributed by atoms with Crippen molar-refractivity contribution in [3.63, 3.8) is 0 Å². The molecule has 0 aliphatic heterocycles. The summed E-state index contributed by atoms with van der Waals surface area (Å²) in [7, 11) is 0. The second kappa shape index (κ2) is 10.3. The van der Waals surface area contributed by atoms with E-state index in [1.54, 1.807) is 0 Å². The summed E-state index contributed by atoms with van der Waals surface area (Å²) in [5.41, 5.74) is 0.402. The molecule has 0 heterocycles.